The Hall–Kier alpha value is -2.65. The van der Waals surface area contributed by atoms with Crippen molar-refractivity contribution in [2.24, 2.45) is 0 Å². The highest BCUT2D eigenvalue weighted by Crippen LogP contribution is 2.28. The first-order chi connectivity index (χ1) is 13.0. The zero-order chi connectivity index (χ0) is 19.4. The average molecular weight is 403 g/mol. The van der Waals surface area contributed by atoms with Crippen LogP contribution in [-0.4, -0.2) is 26.1 Å². The Morgan fingerprint density at radius 2 is 2.04 bits per heavy atom. The molecular weight excluding hydrogens is 384 g/mol. The maximum atomic E-state index is 12.5. The number of rotatable bonds is 7. The molecule has 7 nitrogen and oxygen atoms in total. The molecule has 0 saturated carbocycles. The molecule has 27 heavy (non-hydrogen) atoms. The van der Waals surface area contributed by atoms with Crippen LogP contribution in [0.15, 0.2) is 49.6 Å². The number of anilines is 1. The summed E-state index contributed by atoms with van der Waals surface area (Å²) in [5.41, 5.74) is 6.24. The van der Waals surface area contributed by atoms with Crippen molar-refractivity contribution in [3.05, 3.63) is 62.1 Å². The molecule has 0 aliphatic heterocycles. The van der Waals surface area contributed by atoms with E-state index < -0.39 is 17.0 Å². The minimum Gasteiger partial charge on any atom is -0.384 e. The zero-order valence-electron chi connectivity index (χ0n) is 14.6. The Kier molecular flexibility index (Phi) is 5.92. The van der Waals surface area contributed by atoms with Gasteiger partial charge in [-0.25, -0.2) is 9.78 Å². The Bertz CT molecular complexity index is 1070. The van der Waals surface area contributed by atoms with Crippen LogP contribution in [0.2, 0.25) is 0 Å². The second kappa shape index (κ2) is 8.36. The van der Waals surface area contributed by atoms with E-state index >= 15 is 0 Å². The van der Waals surface area contributed by atoms with Crippen LogP contribution in [0.1, 0.15) is 23.7 Å². The quantitative estimate of drug-likeness (QED) is 0.464. The van der Waals surface area contributed by atoms with Crippen molar-refractivity contribution in [3.63, 3.8) is 0 Å². The summed E-state index contributed by atoms with van der Waals surface area (Å²) in [6.45, 7) is 2.21. The molecule has 0 amide bonds. The third-order valence-electron chi connectivity index (χ3n) is 3.85. The van der Waals surface area contributed by atoms with E-state index in [0.717, 1.165) is 15.6 Å². The molecule has 3 N–H and O–H groups in total. The van der Waals surface area contributed by atoms with Gasteiger partial charge in [-0.15, -0.1) is 11.3 Å². The first-order valence-electron chi connectivity index (χ1n) is 8.30. The second-order valence-corrected chi connectivity index (χ2v) is 7.83. The first-order valence-corrected chi connectivity index (χ1v) is 10.2. The summed E-state index contributed by atoms with van der Waals surface area (Å²) in [6, 6.07) is 9.73. The summed E-state index contributed by atoms with van der Waals surface area (Å²) in [4.78, 5) is 43.1. The number of nitrogens with two attached hydrogens (primary N) is 1. The SMILES string of the molecule is CCCn1c(N)c(C(=O)CSc2nc(-c3ccccc3)cs2)c(=O)[nH]c1=O. The zero-order valence-corrected chi connectivity index (χ0v) is 16.2. The van der Waals surface area contributed by atoms with Crippen molar-refractivity contribution in [1.82, 2.24) is 14.5 Å². The second-order valence-electron chi connectivity index (χ2n) is 5.75. The van der Waals surface area contributed by atoms with Gasteiger partial charge < -0.3 is 5.73 Å². The van der Waals surface area contributed by atoms with Gasteiger partial charge in [-0.3, -0.25) is 19.1 Å². The van der Waals surface area contributed by atoms with E-state index in [2.05, 4.69) is 9.97 Å². The third kappa shape index (κ3) is 4.20. The predicted octanol–water partition coefficient (Wildman–Crippen LogP) is 2.63. The maximum absolute atomic E-state index is 12.5. The Labute approximate surface area is 163 Å². The lowest BCUT2D eigenvalue weighted by molar-refractivity contribution is 0.102. The van der Waals surface area contributed by atoms with Crippen LogP contribution in [0, 0.1) is 0 Å². The highest BCUT2D eigenvalue weighted by Gasteiger charge is 2.19. The van der Waals surface area contributed by atoms with Gasteiger partial charge in [0.05, 0.1) is 11.4 Å². The number of ketones is 1. The molecule has 3 rings (SSSR count). The summed E-state index contributed by atoms with van der Waals surface area (Å²) in [5, 5.41) is 1.92. The number of hydrogen-bond donors (Lipinski definition) is 2. The van der Waals surface area contributed by atoms with Gasteiger partial charge in [-0.2, -0.15) is 0 Å². The molecule has 0 aliphatic carbocycles. The van der Waals surface area contributed by atoms with E-state index in [1.165, 1.54) is 27.7 Å². The molecule has 0 spiro atoms. The Balaban J connectivity index is 1.77. The minimum atomic E-state index is -0.750. The number of nitrogen functional groups attached to an aromatic ring is 1. The van der Waals surface area contributed by atoms with Crippen LogP contribution in [0.3, 0.4) is 0 Å². The van der Waals surface area contributed by atoms with Gasteiger partial charge in [0.2, 0.25) is 0 Å². The van der Waals surface area contributed by atoms with E-state index in [-0.39, 0.29) is 17.1 Å². The normalized spacial score (nSPS) is 10.9. The van der Waals surface area contributed by atoms with Crippen molar-refractivity contribution in [3.8, 4) is 11.3 Å². The van der Waals surface area contributed by atoms with E-state index in [0.29, 0.717) is 13.0 Å². The van der Waals surface area contributed by atoms with E-state index in [9.17, 15) is 14.4 Å². The minimum absolute atomic E-state index is 0.0132. The fraction of sp³-hybridized carbons (Fsp3) is 0.222. The van der Waals surface area contributed by atoms with Crippen molar-refractivity contribution in [2.45, 2.75) is 24.2 Å². The molecule has 2 aromatic heterocycles. The number of H-pyrrole nitrogens is 1. The summed E-state index contributed by atoms with van der Waals surface area (Å²) in [7, 11) is 0. The number of Topliss-reactive ketones (excluding diaryl/α,β-unsaturated/α-hetero) is 1. The number of thiazole rings is 1. The van der Waals surface area contributed by atoms with Crippen LogP contribution in [0.25, 0.3) is 11.3 Å². The number of benzene rings is 1. The number of nitrogens with one attached hydrogen (secondary N) is 1. The third-order valence-corrected chi connectivity index (χ3v) is 5.87. The average Bonchev–Trinajstić information content (AvgIpc) is 3.13. The van der Waals surface area contributed by atoms with Crippen molar-refractivity contribution >= 4 is 34.7 Å². The lowest BCUT2D eigenvalue weighted by atomic mass is 10.2. The van der Waals surface area contributed by atoms with Gasteiger partial charge >= 0.3 is 5.69 Å². The summed E-state index contributed by atoms with van der Waals surface area (Å²) in [5.74, 6) is -0.500. The number of carbonyl (C=O) groups is 1. The van der Waals surface area contributed by atoms with Crippen LogP contribution >= 0.6 is 23.1 Å². The lowest BCUT2D eigenvalue weighted by Gasteiger charge is -2.10. The number of aromatic nitrogens is 3. The molecule has 2 heterocycles. The smallest absolute Gasteiger partial charge is 0.329 e. The Morgan fingerprint density at radius 3 is 2.74 bits per heavy atom. The highest BCUT2D eigenvalue weighted by atomic mass is 32.2. The summed E-state index contributed by atoms with van der Waals surface area (Å²) >= 11 is 2.67. The molecule has 0 bridgehead atoms. The van der Waals surface area contributed by atoms with Crippen LogP contribution in [0.4, 0.5) is 5.82 Å². The van der Waals surface area contributed by atoms with Gasteiger partial charge in [0.1, 0.15) is 11.4 Å². The van der Waals surface area contributed by atoms with Gasteiger partial charge in [-0.1, -0.05) is 49.0 Å². The molecule has 0 aliphatic rings. The number of hydrogen-bond acceptors (Lipinski definition) is 7. The fourth-order valence-corrected chi connectivity index (χ4v) is 4.27. The first kappa shape index (κ1) is 19.1. The molecule has 0 radical (unpaired) electrons. The number of carbonyl (C=O) groups excluding carboxylic acids is 1. The van der Waals surface area contributed by atoms with Gasteiger partial charge in [0.25, 0.3) is 5.56 Å². The molecule has 0 atom stereocenters. The van der Waals surface area contributed by atoms with Crippen LogP contribution in [0.5, 0.6) is 0 Å². The van der Waals surface area contributed by atoms with Crippen LogP contribution in [-0.2, 0) is 6.54 Å². The van der Waals surface area contributed by atoms with Gasteiger partial charge in [0.15, 0.2) is 10.1 Å². The topological polar surface area (TPSA) is 111 Å². The molecule has 0 saturated heterocycles. The van der Waals surface area contributed by atoms with Crippen LogP contribution < -0.4 is 17.0 Å². The van der Waals surface area contributed by atoms with E-state index in [1.54, 1.807) is 0 Å². The maximum Gasteiger partial charge on any atom is 0.329 e. The van der Waals surface area contributed by atoms with Gasteiger partial charge in [0, 0.05) is 17.5 Å². The van der Waals surface area contributed by atoms with Gasteiger partial charge in [-0.05, 0) is 6.42 Å². The summed E-state index contributed by atoms with van der Waals surface area (Å²) < 4.78 is 1.94. The highest BCUT2D eigenvalue weighted by molar-refractivity contribution is 8.01. The standard InChI is InChI=1S/C18H18N4O3S2/c1-2-8-22-15(19)14(16(24)21-17(22)25)13(23)10-27-18-20-12(9-26-18)11-6-4-3-5-7-11/h3-7,9H,2,8,10,19H2,1H3,(H,21,24,25). The monoisotopic (exact) mass is 402 g/mol. The molecule has 140 valence electrons. The van der Waals surface area contributed by atoms with E-state index in [1.807, 2.05) is 42.6 Å². The largest absolute Gasteiger partial charge is 0.384 e. The van der Waals surface area contributed by atoms with Crippen molar-refractivity contribution in [1.29, 1.82) is 0 Å². The molecule has 9 heteroatoms. The van der Waals surface area contributed by atoms with Crippen molar-refractivity contribution < 1.29 is 4.79 Å². The molecule has 3 aromatic rings. The molecular formula is C18H18N4O3S2. The molecule has 0 fully saturated rings. The predicted molar refractivity (Wildman–Crippen MR) is 109 cm³/mol. The fourth-order valence-electron chi connectivity index (χ4n) is 2.57. The summed E-state index contributed by atoms with van der Waals surface area (Å²) in [6.07, 6.45) is 0.653. The molecule has 0 unspecified atom stereocenters. The number of aromatic amines is 1. The Morgan fingerprint density at radius 1 is 1.30 bits per heavy atom. The van der Waals surface area contributed by atoms with E-state index in [4.69, 9.17) is 5.73 Å². The van der Waals surface area contributed by atoms with Crippen molar-refractivity contribution in [2.75, 3.05) is 11.5 Å². The number of thioether (sulfide) groups is 1. The number of nitrogens with zero attached hydrogens (tertiary/aromatic N) is 2. The molecule has 1 aromatic carbocycles. The lowest BCUT2D eigenvalue weighted by Crippen LogP contribution is -2.36.